The maximum absolute atomic E-state index is 6.07. The Morgan fingerprint density at radius 3 is 2.00 bits per heavy atom. The van der Waals surface area contributed by atoms with Crippen LogP contribution in [0.3, 0.4) is 0 Å². The van der Waals surface area contributed by atoms with Gasteiger partial charge in [0.15, 0.2) is 0 Å². The highest BCUT2D eigenvalue weighted by Gasteiger charge is 2.32. The number of hydrogen-bond acceptors (Lipinski definition) is 6. The third kappa shape index (κ3) is 2.35. The molecule has 0 aliphatic carbocycles. The lowest BCUT2D eigenvalue weighted by atomic mass is 10.7. The Hall–Kier alpha value is 1.24. The second-order valence-corrected chi connectivity index (χ2v) is 9.74. The Morgan fingerprint density at radius 2 is 1.50 bits per heavy atom. The lowest BCUT2D eigenvalue weighted by Gasteiger charge is -2.13. The number of ether oxygens (including phenoxy) is 2. The standard InChI is InChI=1S/C8H4ClIO2S4/c9-3-4(10)14-7(13-3)8-15-5-6(16-8)12-2-1-11-5/h1-2H2. The lowest BCUT2D eigenvalue weighted by Crippen LogP contribution is -2.08. The molecule has 8 heteroatoms. The predicted molar refractivity (Wildman–Crippen MR) is 83.2 cm³/mol. The molecule has 3 heterocycles. The second kappa shape index (κ2) is 5.08. The van der Waals surface area contributed by atoms with Crippen molar-refractivity contribution in [1.82, 2.24) is 0 Å². The largest absolute Gasteiger partial charge is 0.480 e. The summed E-state index contributed by atoms with van der Waals surface area (Å²) in [6.07, 6.45) is 0. The maximum atomic E-state index is 6.07. The molecule has 0 aromatic heterocycles. The van der Waals surface area contributed by atoms with E-state index in [1.807, 2.05) is 0 Å². The van der Waals surface area contributed by atoms with E-state index in [4.69, 9.17) is 21.1 Å². The van der Waals surface area contributed by atoms with E-state index in [9.17, 15) is 0 Å². The molecule has 0 spiro atoms. The van der Waals surface area contributed by atoms with Crippen molar-refractivity contribution < 1.29 is 9.47 Å². The Labute approximate surface area is 128 Å². The Balaban J connectivity index is 1.79. The van der Waals surface area contributed by atoms with Crippen molar-refractivity contribution in [2.75, 3.05) is 13.2 Å². The van der Waals surface area contributed by atoms with Gasteiger partial charge >= 0.3 is 0 Å². The van der Waals surface area contributed by atoms with Crippen molar-refractivity contribution in [3.05, 3.63) is 25.9 Å². The molecule has 0 saturated heterocycles. The van der Waals surface area contributed by atoms with E-state index in [2.05, 4.69) is 22.6 Å². The van der Waals surface area contributed by atoms with Crippen LogP contribution in [0.5, 0.6) is 0 Å². The van der Waals surface area contributed by atoms with Crippen LogP contribution < -0.4 is 0 Å². The summed E-state index contributed by atoms with van der Waals surface area (Å²) in [5.41, 5.74) is 0. The number of rotatable bonds is 0. The first kappa shape index (κ1) is 12.3. The molecule has 16 heavy (non-hydrogen) atoms. The average molecular weight is 423 g/mol. The van der Waals surface area contributed by atoms with Gasteiger partial charge in [0.2, 0.25) is 10.2 Å². The summed E-state index contributed by atoms with van der Waals surface area (Å²) < 4.78 is 15.5. The van der Waals surface area contributed by atoms with Crippen LogP contribution in [0, 0.1) is 0 Å². The molecule has 3 aliphatic heterocycles. The van der Waals surface area contributed by atoms with Gasteiger partial charge in [0.25, 0.3) is 0 Å². The van der Waals surface area contributed by atoms with Gasteiger partial charge in [-0.25, -0.2) is 0 Å². The molecule has 0 aromatic carbocycles. The molecule has 0 aromatic rings. The SMILES string of the molecule is ClC1=C(I)SC(=C2SC3=C(OCCO3)S2)S1. The van der Waals surface area contributed by atoms with E-state index in [0.717, 1.165) is 17.5 Å². The number of thioether (sulfide) groups is 4. The van der Waals surface area contributed by atoms with E-state index in [1.54, 1.807) is 47.0 Å². The molecule has 0 unspecified atom stereocenters. The molecular weight excluding hydrogens is 419 g/mol. The van der Waals surface area contributed by atoms with Crippen LogP contribution in [0.2, 0.25) is 0 Å². The zero-order chi connectivity index (χ0) is 11.1. The number of halogens is 2. The van der Waals surface area contributed by atoms with Gasteiger partial charge in [-0.1, -0.05) is 35.1 Å². The van der Waals surface area contributed by atoms with Gasteiger partial charge < -0.3 is 9.47 Å². The Kier molecular flexibility index (Phi) is 3.90. The summed E-state index contributed by atoms with van der Waals surface area (Å²) in [5, 5.41) is 1.80. The van der Waals surface area contributed by atoms with E-state index in [-0.39, 0.29) is 0 Å². The van der Waals surface area contributed by atoms with Crippen molar-refractivity contribution >= 4 is 81.2 Å². The highest BCUT2D eigenvalue weighted by Crippen LogP contribution is 2.62. The quantitative estimate of drug-likeness (QED) is 0.505. The van der Waals surface area contributed by atoms with E-state index < -0.39 is 0 Å². The summed E-state index contributed by atoms with van der Waals surface area (Å²) in [6, 6.07) is 0. The molecule has 3 rings (SSSR count). The first-order valence-electron chi connectivity index (χ1n) is 4.25. The zero-order valence-corrected chi connectivity index (χ0v) is 13.8. The molecule has 0 atom stereocenters. The van der Waals surface area contributed by atoms with Crippen LogP contribution in [0.4, 0.5) is 0 Å². The lowest BCUT2D eigenvalue weighted by molar-refractivity contribution is 0.0949. The van der Waals surface area contributed by atoms with Crippen LogP contribution in [0.1, 0.15) is 0 Å². The topological polar surface area (TPSA) is 18.5 Å². The summed E-state index contributed by atoms with van der Waals surface area (Å²) in [5.74, 6) is 0. The van der Waals surface area contributed by atoms with E-state index >= 15 is 0 Å². The summed E-state index contributed by atoms with van der Waals surface area (Å²) in [6.45, 7) is 1.29. The highest BCUT2D eigenvalue weighted by molar-refractivity contribution is 14.1. The summed E-state index contributed by atoms with van der Waals surface area (Å²) >= 11 is 14.9. The molecule has 0 bridgehead atoms. The van der Waals surface area contributed by atoms with Crippen molar-refractivity contribution in [2.45, 2.75) is 0 Å². The smallest absolute Gasteiger partial charge is 0.208 e. The molecule has 0 amide bonds. The van der Waals surface area contributed by atoms with Gasteiger partial charge in [0.05, 0.1) is 15.8 Å². The van der Waals surface area contributed by atoms with Crippen molar-refractivity contribution in [2.24, 2.45) is 0 Å². The van der Waals surface area contributed by atoms with E-state index in [1.165, 1.54) is 8.47 Å². The first-order valence-corrected chi connectivity index (χ1v) is 8.97. The van der Waals surface area contributed by atoms with Gasteiger partial charge in [-0.15, -0.1) is 0 Å². The van der Waals surface area contributed by atoms with Crippen LogP contribution in [-0.2, 0) is 9.47 Å². The van der Waals surface area contributed by atoms with E-state index in [0.29, 0.717) is 13.2 Å². The summed E-state index contributed by atoms with van der Waals surface area (Å²) in [4.78, 5) is 0. The molecule has 0 saturated carbocycles. The minimum Gasteiger partial charge on any atom is -0.480 e. The van der Waals surface area contributed by atoms with Crippen LogP contribution >= 0.6 is 81.2 Å². The van der Waals surface area contributed by atoms with Crippen molar-refractivity contribution in [1.29, 1.82) is 0 Å². The van der Waals surface area contributed by atoms with Gasteiger partial charge in [-0.2, -0.15) is 0 Å². The average Bonchev–Trinajstić information content (AvgIpc) is 2.83. The Bertz CT molecular complexity index is 409. The minimum atomic E-state index is 0.645. The monoisotopic (exact) mass is 422 g/mol. The van der Waals surface area contributed by atoms with Crippen molar-refractivity contribution in [3.63, 3.8) is 0 Å². The molecular formula is C8H4ClIO2S4. The van der Waals surface area contributed by atoms with Crippen LogP contribution in [0.15, 0.2) is 25.9 Å². The van der Waals surface area contributed by atoms with Gasteiger partial charge in [0.1, 0.15) is 13.2 Å². The second-order valence-electron chi connectivity index (χ2n) is 2.80. The highest BCUT2D eigenvalue weighted by atomic mass is 127. The fourth-order valence-electron chi connectivity index (χ4n) is 1.15. The third-order valence-electron chi connectivity index (χ3n) is 1.77. The molecule has 0 fully saturated rings. The third-order valence-corrected chi connectivity index (χ3v) is 9.27. The maximum Gasteiger partial charge on any atom is 0.208 e. The summed E-state index contributed by atoms with van der Waals surface area (Å²) in [7, 11) is 0. The van der Waals surface area contributed by atoms with Gasteiger partial charge in [0, 0.05) is 0 Å². The van der Waals surface area contributed by atoms with Gasteiger partial charge in [-0.3, -0.25) is 0 Å². The number of hydrogen-bond donors (Lipinski definition) is 0. The van der Waals surface area contributed by atoms with Crippen LogP contribution in [-0.4, -0.2) is 13.2 Å². The molecule has 0 N–H and O–H groups in total. The minimum absolute atomic E-state index is 0.645. The van der Waals surface area contributed by atoms with Crippen LogP contribution in [0.25, 0.3) is 0 Å². The van der Waals surface area contributed by atoms with Gasteiger partial charge in [-0.05, 0) is 46.1 Å². The molecule has 86 valence electrons. The zero-order valence-electron chi connectivity index (χ0n) is 7.62. The molecule has 0 radical (unpaired) electrons. The van der Waals surface area contributed by atoms with Crippen molar-refractivity contribution in [3.8, 4) is 0 Å². The fourth-order valence-corrected chi connectivity index (χ4v) is 7.58. The first-order chi connectivity index (χ1) is 7.74. The predicted octanol–water partition coefficient (Wildman–Crippen LogP) is 5.05. The normalized spacial score (nSPS) is 24.9. The molecule has 3 aliphatic rings. The Morgan fingerprint density at radius 1 is 0.938 bits per heavy atom. The molecule has 2 nitrogen and oxygen atoms in total. The fraction of sp³-hybridized carbons (Fsp3) is 0.250.